The van der Waals surface area contributed by atoms with Gasteiger partial charge in [0.2, 0.25) is 4.96 Å². The molecule has 0 atom stereocenters. The predicted molar refractivity (Wildman–Crippen MR) is 132 cm³/mol. The Bertz CT molecular complexity index is 1410. The van der Waals surface area contributed by atoms with Gasteiger partial charge in [-0.3, -0.25) is 14.5 Å². The van der Waals surface area contributed by atoms with E-state index in [0.29, 0.717) is 64.7 Å². The standard InChI is InChI=1S/C24H22ClN5O3S/c1-33-18-6-4-5-16(13-18)23(32)29-11-9-28(10-12-29)15-17-14-21(31)30-24(26-17)34-22(27-30)19-7-2-3-8-20(19)25/h2-8,13-14H,9-12,15H2,1H3. The van der Waals surface area contributed by atoms with E-state index in [1.165, 1.54) is 21.9 Å². The highest BCUT2D eigenvalue weighted by Crippen LogP contribution is 2.30. The van der Waals surface area contributed by atoms with Gasteiger partial charge in [0, 0.05) is 49.9 Å². The Hall–Kier alpha value is -3.27. The smallest absolute Gasteiger partial charge is 0.275 e. The normalized spacial score (nSPS) is 14.5. The molecule has 0 spiro atoms. The van der Waals surface area contributed by atoms with Gasteiger partial charge in [0.1, 0.15) is 10.8 Å². The summed E-state index contributed by atoms with van der Waals surface area (Å²) in [5.74, 6) is 0.658. The van der Waals surface area contributed by atoms with Crippen molar-refractivity contribution in [2.45, 2.75) is 6.54 Å². The van der Waals surface area contributed by atoms with Gasteiger partial charge in [-0.1, -0.05) is 47.2 Å². The van der Waals surface area contributed by atoms with E-state index in [-0.39, 0.29) is 11.5 Å². The number of hydrogen-bond donors (Lipinski definition) is 0. The number of nitrogens with zero attached hydrogens (tertiary/aromatic N) is 5. The van der Waals surface area contributed by atoms with Crippen LogP contribution in [-0.4, -0.2) is 63.6 Å². The third-order valence-corrected chi connectivity index (χ3v) is 7.04. The third-order valence-electron chi connectivity index (χ3n) is 5.76. The quantitative estimate of drug-likeness (QED) is 0.422. The monoisotopic (exact) mass is 495 g/mol. The van der Waals surface area contributed by atoms with Crippen LogP contribution < -0.4 is 10.3 Å². The van der Waals surface area contributed by atoms with Crippen molar-refractivity contribution in [2.75, 3.05) is 33.3 Å². The number of aromatic nitrogens is 3. The summed E-state index contributed by atoms with van der Waals surface area (Å²) in [7, 11) is 1.59. The van der Waals surface area contributed by atoms with E-state index in [2.05, 4.69) is 15.0 Å². The molecule has 2 aromatic heterocycles. The van der Waals surface area contributed by atoms with Gasteiger partial charge < -0.3 is 9.64 Å². The second-order valence-electron chi connectivity index (χ2n) is 7.97. The maximum Gasteiger partial charge on any atom is 0.275 e. The minimum absolute atomic E-state index is 0.00639. The van der Waals surface area contributed by atoms with Crippen molar-refractivity contribution in [1.29, 1.82) is 0 Å². The van der Waals surface area contributed by atoms with Crippen LogP contribution in [0.1, 0.15) is 16.1 Å². The fraction of sp³-hybridized carbons (Fsp3) is 0.250. The molecule has 4 aromatic rings. The van der Waals surface area contributed by atoms with E-state index in [0.717, 1.165) is 5.56 Å². The molecule has 1 aliphatic heterocycles. The lowest BCUT2D eigenvalue weighted by Crippen LogP contribution is -2.48. The lowest BCUT2D eigenvalue weighted by molar-refractivity contribution is 0.0626. The zero-order valence-corrected chi connectivity index (χ0v) is 20.1. The van der Waals surface area contributed by atoms with Gasteiger partial charge in [-0.15, -0.1) is 0 Å². The Kier molecular flexibility index (Phi) is 6.32. The van der Waals surface area contributed by atoms with Crippen LogP contribution in [0.25, 0.3) is 15.5 Å². The summed E-state index contributed by atoms with van der Waals surface area (Å²) in [6.45, 7) is 3.14. The molecule has 0 unspecified atom stereocenters. The number of halogens is 1. The van der Waals surface area contributed by atoms with Crippen LogP contribution in [-0.2, 0) is 6.54 Å². The number of amides is 1. The van der Waals surface area contributed by atoms with Crippen molar-refractivity contribution in [2.24, 2.45) is 0 Å². The molecular formula is C24H22ClN5O3S. The fourth-order valence-electron chi connectivity index (χ4n) is 3.96. The van der Waals surface area contributed by atoms with Crippen LogP contribution in [0.2, 0.25) is 5.02 Å². The second kappa shape index (κ2) is 9.54. The first-order valence-electron chi connectivity index (χ1n) is 10.8. The molecule has 0 aliphatic carbocycles. The number of methoxy groups -OCH3 is 1. The Morgan fingerprint density at radius 1 is 1.09 bits per heavy atom. The fourth-order valence-corrected chi connectivity index (χ4v) is 5.20. The minimum Gasteiger partial charge on any atom is -0.497 e. The van der Waals surface area contributed by atoms with E-state index >= 15 is 0 Å². The van der Waals surface area contributed by atoms with Gasteiger partial charge in [-0.2, -0.15) is 9.61 Å². The van der Waals surface area contributed by atoms with E-state index in [9.17, 15) is 9.59 Å². The molecule has 34 heavy (non-hydrogen) atoms. The van der Waals surface area contributed by atoms with Crippen molar-refractivity contribution >= 4 is 33.8 Å². The molecule has 10 heteroatoms. The van der Waals surface area contributed by atoms with Crippen molar-refractivity contribution in [1.82, 2.24) is 24.4 Å². The number of hydrogen-bond acceptors (Lipinski definition) is 7. The predicted octanol–water partition coefficient (Wildman–Crippen LogP) is 3.44. The van der Waals surface area contributed by atoms with Crippen LogP contribution in [0.5, 0.6) is 5.75 Å². The lowest BCUT2D eigenvalue weighted by atomic mass is 10.1. The number of ether oxygens (including phenoxy) is 1. The molecule has 5 rings (SSSR count). The number of carbonyl (C=O) groups excluding carboxylic acids is 1. The molecule has 1 saturated heterocycles. The largest absolute Gasteiger partial charge is 0.497 e. The summed E-state index contributed by atoms with van der Waals surface area (Å²) in [5.41, 5.74) is 1.86. The molecule has 174 valence electrons. The van der Waals surface area contributed by atoms with Crippen LogP contribution in [0.15, 0.2) is 59.4 Å². The Morgan fingerprint density at radius 3 is 2.65 bits per heavy atom. The number of piperazine rings is 1. The summed E-state index contributed by atoms with van der Waals surface area (Å²) in [6.07, 6.45) is 0. The Balaban J connectivity index is 1.27. The van der Waals surface area contributed by atoms with Gasteiger partial charge in [-0.05, 0) is 24.3 Å². The van der Waals surface area contributed by atoms with Gasteiger partial charge in [0.15, 0.2) is 0 Å². The minimum atomic E-state index is -0.221. The first-order chi connectivity index (χ1) is 16.5. The molecule has 1 amide bonds. The number of rotatable bonds is 5. The third kappa shape index (κ3) is 4.54. The van der Waals surface area contributed by atoms with E-state index in [4.69, 9.17) is 16.3 Å². The molecule has 1 aliphatic rings. The van der Waals surface area contributed by atoms with Crippen molar-refractivity contribution in [3.63, 3.8) is 0 Å². The van der Waals surface area contributed by atoms with Crippen molar-refractivity contribution in [3.05, 3.63) is 81.2 Å². The highest BCUT2D eigenvalue weighted by Gasteiger charge is 2.23. The maximum absolute atomic E-state index is 12.8. The molecular weight excluding hydrogens is 474 g/mol. The molecule has 1 fully saturated rings. The van der Waals surface area contributed by atoms with Crippen LogP contribution in [0.3, 0.4) is 0 Å². The highest BCUT2D eigenvalue weighted by atomic mass is 35.5. The molecule has 0 bridgehead atoms. The van der Waals surface area contributed by atoms with Crippen molar-refractivity contribution in [3.8, 4) is 16.3 Å². The van der Waals surface area contributed by atoms with Crippen LogP contribution in [0, 0.1) is 0 Å². The zero-order chi connectivity index (χ0) is 23.7. The van der Waals surface area contributed by atoms with Gasteiger partial charge in [0.25, 0.3) is 11.5 Å². The first-order valence-corrected chi connectivity index (χ1v) is 12.0. The molecule has 0 N–H and O–H groups in total. The average Bonchev–Trinajstić information content (AvgIpc) is 3.29. The van der Waals surface area contributed by atoms with Crippen LogP contribution >= 0.6 is 22.9 Å². The van der Waals surface area contributed by atoms with E-state index in [1.807, 2.05) is 35.2 Å². The summed E-state index contributed by atoms with van der Waals surface area (Å²) in [6, 6.07) is 16.1. The molecule has 3 heterocycles. The summed E-state index contributed by atoms with van der Waals surface area (Å²) in [5, 5.41) is 5.64. The average molecular weight is 496 g/mol. The molecule has 0 saturated carbocycles. The highest BCUT2D eigenvalue weighted by molar-refractivity contribution is 7.19. The van der Waals surface area contributed by atoms with Gasteiger partial charge >= 0.3 is 0 Å². The number of carbonyl (C=O) groups is 1. The molecule has 0 radical (unpaired) electrons. The number of benzene rings is 2. The van der Waals surface area contributed by atoms with Gasteiger partial charge in [-0.25, -0.2) is 4.98 Å². The Morgan fingerprint density at radius 2 is 1.88 bits per heavy atom. The lowest BCUT2D eigenvalue weighted by Gasteiger charge is -2.34. The summed E-state index contributed by atoms with van der Waals surface area (Å²) in [4.78, 5) is 34.8. The zero-order valence-electron chi connectivity index (χ0n) is 18.5. The van der Waals surface area contributed by atoms with Crippen molar-refractivity contribution < 1.29 is 9.53 Å². The molecule has 2 aromatic carbocycles. The number of fused-ring (bicyclic) bond motifs is 1. The van der Waals surface area contributed by atoms with E-state index in [1.54, 1.807) is 25.3 Å². The Labute approximate surface area is 205 Å². The SMILES string of the molecule is COc1cccc(C(=O)N2CCN(Cc3cc(=O)n4nc(-c5ccccc5Cl)sc4n3)CC2)c1. The van der Waals surface area contributed by atoms with E-state index < -0.39 is 0 Å². The first kappa shape index (κ1) is 22.5. The van der Waals surface area contributed by atoms with Crippen LogP contribution in [0.4, 0.5) is 0 Å². The maximum atomic E-state index is 12.8. The second-order valence-corrected chi connectivity index (χ2v) is 9.33. The molecule has 8 nitrogen and oxygen atoms in total. The topological polar surface area (TPSA) is 80.0 Å². The summed E-state index contributed by atoms with van der Waals surface area (Å²) < 4.78 is 6.54. The van der Waals surface area contributed by atoms with Gasteiger partial charge in [0.05, 0.1) is 17.8 Å². The summed E-state index contributed by atoms with van der Waals surface area (Å²) >= 11 is 7.63.